The smallest absolute Gasteiger partial charge is 0.316 e. The van der Waals surface area contributed by atoms with E-state index >= 15 is 0 Å². The van der Waals surface area contributed by atoms with E-state index < -0.39 is 17.8 Å². The van der Waals surface area contributed by atoms with E-state index in [2.05, 4.69) is 11.9 Å². The minimum absolute atomic E-state index is 0.0396. The van der Waals surface area contributed by atoms with Gasteiger partial charge in [-0.05, 0) is 57.6 Å². The van der Waals surface area contributed by atoms with Gasteiger partial charge in [0.15, 0.2) is 11.2 Å². The second-order valence-corrected chi connectivity index (χ2v) is 9.84. The molecule has 5 rings (SSSR count). The van der Waals surface area contributed by atoms with E-state index in [1.807, 2.05) is 13.0 Å². The number of fused-ring (bicyclic) bond motifs is 1. The van der Waals surface area contributed by atoms with Crippen molar-refractivity contribution in [1.82, 2.24) is 5.32 Å². The minimum Gasteiger partial charge on any atom is -0.464 e. The highest BCUT2D eigenvalue weighted by Crippen LogP contribution is 2.44. The zero-order valence-corrected chi connectivity index (χ0v) is 19.7. The normalized spacial score (nSPS) is 23.9. The summed E-state index contributed by atoms with van der Waals surface area (Å²) in [5.41, 5.74) is 3.24. The first-order valence-electron chi connectivity index (χ1n) is 12.4. The van der Waals surface area contributed by atoms with Gasteiger partial charge in [0.1, 0.15) is 17.6 Å². The Morgan fingerprint density at radius 1 is 1.09 bits per heavy atom. The number of carbonyl (C=O) groups excluding carboxylic acids is 2. The van der Waals surface area contributed by atoms with E-state index in [1.54, 1.807) is 12.1 Å². The summed E-state index contributed by atoms with van der Waals surface area (Å²) in [6.07, 6.45) is 9.13. The summed E-state index contributed by atoms with van der Waals surface area (Å²) >= 11 is 0. The molecule has 2 unspecified atom stereocenters. The second kappa shape index (κ2) is 9.24. The summed E-state index contributed by atoms with van der Waals surface area (Å²) in [6, 6.07) is 5.44. The van der Waals surface area contributed by atoms with E-state index in [1.165, 1.54) is 6.26 Å². The predicted octanol–water partition coefficient (Wildman–Crippen LogP) is 5.19. The predicted molar refractivity (Wildman–Crippen MR) is 129 cm³/mol. The van der Waals surface area contributed by atoms with Gasteiger partial charge >= 0.3 is 5.97 Å². The van der Waals surface area contributed by atoms with Crippen molar-refractivity contribution in [2.75, 3.05) is 0 Å². The number of esters is 1. The largest absolute Gasteiger partial charge is 0.464 e. The van der Waals surface area contributed by atoms with E-state index in [0.717, 1.165) is 56.2 Å². The number of hydrogen-bond acceptors (Lipinski definition) is 6. The SMILES string of the molecule is C=C1NC2=C(C(=O)CCC2)C(c2coc3ccc(C)cc3c2=O)C1C(=O)OC1CCCCCC1. The quantitative estimate of drug-likeness (QED) is 0.500. The fourth-order valence-electron chi connectivity index (χ4n) is 5.68. The molecule has 178 valence electrons. The lowest BCUT2D eigenvalue weighted by molar-refractivity contribution is -0.154. The molecular formula is C28H31NO5. The Labute approximate surface area is 199 Å². The molecule has 6 heteroatoms. The van der Waals surface area contributed by atoms with Crippen molar-refractivity contribution in [3.63, 3.8) is 0 Å². The van der Waals surface area contributed by atoms with Gasteiger partial charge in [-0.15, -0.1) is 0 Å². The van der Waals surface area contributed by atoms with Crippen LogP contribution in [0.5, 0.6) is 0 Å². The molecule has 3 aliphatic rings. The number of aryl methyl sites for hydroxylation is 1. The molecule has 0 saturated heterocycles. The number of benzene rings is 1. The molecule has 0 amide bonds. The van der Waals surface area contributed by atoms with Crippen LogP contribution in [0.1, 0.15) is 74.8 Å². The zero-order chi connectivity index (χ0) is 23.8. The van der Waals surface area contributed by atoms with Crippen molar-refractivity contribution in [2.45, 2.75) is 76.7 Å². The number of rotatable bonds is 3. The van der Waals surface area contributed by atoms with Gasteiger partial charge in [-0.3, -0.25) is 14.4 Å². The fourth-order valence-corrected chi connectivity index (χ4v) is 5.68. The van der Waals surface area contributed by atoms with Gasteiger partial charge in [-0.2, -0.15) is 0 Å². The molecule has 2 atom stereocenters. The summed E-state index contributed by atoms with van der Waals surface area (Å²) in [6.45, 7) is 6.05. The molecule has 2 heterocycles. The second-order valence-electron chi connectivity index (χ2n) is 9.84. The molecule has 0 radical (unpaired) electrons. The molecular weight excluding hydrogens is 430 g/mol. The maximum absolute atomic E-state index is 13.7. The standard InChI is InChI=1S/C28H31NO5/c1-16-12-13-23-19(14-16)27(31)20(15-33-23)25-24(28(32)34-18-8-5-3-4-6-9-18)17(2)29-21-10-7-11-22(30)26(21)25/h12-15,18,24-25,29H,2-11H2,1H3. The fraction of sp³-hybridized carbons (Fsp3) is 0.464. The molecule has 1 N–H and O–H groups in total. The van der Waals surface area contributed by atoms with Crippen LogP contribution < -0.4 is 10.7 Å². The highest BCUT2D eigenvalue weighted by molar-refractivity contribution is 6.00. The first kappa shape index (κ1) is 22.6. The van der Waals surface area contributed by atoms with Crippen LogP contribution in [0.15, 0.2) is 57.2 Å². The lowest BCUT2D eigenvalue weighted by atomic mass is 9.71. The molecule has 1 aliphatic heterocycles. The topological polar surface area (TPSA) is 85.6 Å². The average Bonchev–Trinajstić information content (AvgIpc) is 3.07. The number of ketones is 1. The maximum atomic E-state index is 13.7. The molecule has 0 bridgehead atoms. The molecule has 6 nitrogen and oxygen atoms in total. The Balaban J connectivity index is 1.61. The monoisotopic (exact) mass is 461 g/mol. The Bertz CT molecular complexity index is 1250. The molecule has 0 spiro atoms. The molecule has 1 saturated carbocycles. The van der Waals surface area contributed by atoms with Crippen LogP contribution in [0.3, 0.4) is 0 Å². The van der Waals surface area contributed by atoms with Crippen LogP contribution >= 0.6 is 0 Å². The summed E-state index contributed by atoms with van der Waals surface area (Å²) in [4.78, 5) is 40.4. The third kappa shape index (κ3) is 4.10. The zero-order valence-electron chi connectivity index (χ0n) is 19.7. The highest BCUT2D eigenvalue weighted by atomic mass is 16.5. The van der Waals surface area contributed by atoms with Crippen molar-refractivity contribution in [3.05, 3.63) is 69.4 Å². The highest BCUT2D eigenvalue weighted by Gasteiger charge is 2.45. The number of hydrogen-bond donors (Lipinski definition) is 1. The summed E-state index contributed by atoms with van der Waals surface area (Å²) in [5, 5.41) is 3.67. The first-order chi connectivity index (χ1) is 16.4. The van der Waals surface area contributed by atoms with Gasteiger partial charge in [0.2, 0.25) is 0 Å². The number of ether oxygens (including phenoxy) is 1. The number of allylic oxidation sites excluding steroid dienone is 2. The Morgan fingerprint density at radius 3 is 2.62 bits per heavy atom. The number of Topliss-reactive ketones (excluding diaryl/α,β-unsaturated/α-hetero) is 1. The van der Waals surface area contributed by atoms with Crippen molar-refractivity contribution in [2.24, 2.45) is 5.92 Å². The molecule has 2 aromatic rings. The summed E-state index contributed by atoms with van der Waals surface area (Å²) in [5.74, 6) is -2.10. The van der Waals surface area contributed by atoms with Crippen molar-refractivity contribution in [3.8, 4) is 0 Å². The van der Waals surface area contributed by atoms with Gasteiger partial charge in [0.25, 0.3) is 0 Å². The third-order valence-corrected chi connectivity index (χ3v) is 7.42. The third-order valence-electron chi connectivity index (χ3n) is 7.42. The Hall–Kier alpha value is -3.15. The van der Waals surface area contributed by atoms with Gasteiger partial charge in [-0.25, -0.2) is 0 Å². The number of nitrogens with one attached hydrogen (secondary N) is 1. The summed E-state index contributed by atoms with van der Waals surface area (Å²) < 4.78 is 11.8. The van der Waals surface area contributed by atoms with Crippen LogP contribution in [-0.4, -0.2) is 17.9 Å². The van der Waals surface area contributed by atoms with Gasteiger partial charge < -0.3 is 14.5 Å². The average molecular weight is 462 g/mol. The van der Waals surface area contributed by atoms with Crippen LogP contribution in [-0.2, 0) is 14.3 Å². The van der Waals surface area contributed by atoms with Gasteiger partial charge in [0.05, 0.1) is 11.6 Å². The Kier molecular flexibility index (Phi) is 6.15. The minimum atomic E-state index is -0.866. The van der Waals surface area contributed by atoms with Crippen LogP contribution in [0, 0.1) is 12.8 Å². The van der Waals surface area contributed by atoms with E-state index in [9.17, 15) is 14.4 Å². The first-order valence-corrected chi connectivity index (χ1v) is 12.4. The van der Waals surface area contributed by atoms with Crippen molar-refractivity contribution >= 4 is 22.7 Å². The van der Waals surface area contributed by atoms with Crippen LogP contribution in [0.2, 0.25) is 0 Å². The molecule has 1 fully saturated rings. The van der Waals surface area contributed by atoms with Crippen LogP contribution in [0.25, 0.3) is 11.0 Å². The lowest BCUT2D eigenvalue weighted by Crippen LogP contribution is -2.43. The summed E-state index contributed by atoms with van der Waals surface area (Å²) in [7, 11) is 0. The van der Waals surface area contributed by atoms with E-state index in [0.29, 0.717) is 40.6 Å². The maximum Gasteiger partial charge on any atom is 0.316 e. The van der Waals surface area contributed by atoms with Gasteiger partial charge in [0, 0.05) is 34.9 Å². The van der Waals surface area contributed by atoms with Crippen molar-refractivity contribution in [1.29, 1.82) is 0 Å². The lowest BCUT2D eigenvalue weighted by Gasteiger charge is -2.38. The van der Waals surface area contributed by atoms with E-state index in [4.69, 9.17) is 9.15 Å². The van der Waals surface area contributed by atoms with Crippen LogP contribution in [0.4, 0.5) is 0 Å². The number of carbonyl (C=O) groups is 2. The molecule has 34 heavy (non-hydrogen) atoms. The van der Waals surface area contributed by atoms with Gasteiger partial charge in [-0.1, -0.05) is 31.1 Å². The molecule has 1 aromatic carbocycles. The van der Waals surface area contributed by atoms with E-state index in [-0.39, 0.29) is 17.3 Å². The molecule has 2 aliphatic carbocycles. The molecule has 1 aromatic heterocycles. The van der Waals surface area contributed by atoms with Crippen molar-refractivity contribution < 1.29 is 18.7 Å². The Morgan fingerprint density at radius 2 is 1.85 bits per heavy atom.